The molecule has 0 aliphatic rings. The van der Waals surface area contributed by atoms with Gasteiger partial charge in [-0.05, 0) is 57.8 Å². The van der Waals surface area contributed by atoms with Crippen LogP contribution in [0.4, 0.5) is 0 Å². The standard InChI is InChI=1S/C50H90O6/c1-4-7-10-13-16-19-20-21-22-23-24-25-26-27-28-29-30-32-34-37-40-43-49(52)55-46-47(45-54-48(51)42-39-36-33-18-15-12-9-6-3)56-50(53)44-41-38-35-31-17-14-11-8-5-2/h20-21,23-24,26-27,47H,4-19,22,25,28-46H2,1-3H3/b21-20-,24-23-,27-26-. The minimum atomic E-state index is -0.769. The molecule has 0 aliphatic carbocycles. The maximum Gasteiger partial charge on any atom is 0.306 e. The van der Waals surface area contributed by atoms with E-state index in [1.807, 2.05) is 0 Å². The summed E-state index contributed by atoms with van der Waals surface area (Å²) in [4.78, 5) is 37.6. The van der Waals surface area contributed by atoms with Crippen LogP contribution >= 0.6 is 0 Å². The summed E-state index contributed by atoms with van der Waals surface area (Å²) < 4.78 is 16.7. The van der Waals surface area contributed by atoms with Crippen LogP contribution in [0.2, 0.25) is 0 Å². The van der Waals surface area contributed by atoms with E-state index in [2.05, 4.69) is 57.2 Å². The third kappa shape index (κ3) is 42.8. The first kappa shape index (κ1) is 53.6. The fourth-order valence-electron chi connectivity index (χ4n) is 6.74. The molecule has 0 aromatic rings. The Bertz CT molecular complexity index is 953. The summed E-state index contributed by atoms with van der Waals surface area (Å²) in [7, 11) is 0. The van der Waals surface area contributed by atoms with Crippen molar-refractivity contribution in [3.05, 3.63) is 36.5 Å². The predicted octanol–water partition coefficient (Wildman–Crippen LogP) is 15.4. The summed E-state index contributed by atoms with van der Waals surface area (Å²) >= 11 is 0. The lowest BCUT2D eigenvalue weighted by atomic mass is 10.1. The van der Waals surface area contributed by atoms with Crippen molar-refractivity contribution in [2.45, 2.75) is 252 Å². The van der Waals surface area contributed by atoms with E-state index in [1.54, 1.807) is 0 Å². The fraction of sp³-hybridized carbons (Fsp3) is 0.820. The van der Waals surface area contributed by atoms with E-state index in [-0.39, 0.29) is 31.1 Å². The number of unbranched alkanes of at least 4 members (excludes halogenated alkanes) is 26. The van der Waals surface area contributed by atoms with E-state index >= 15 is 0 Å². The van der Waals surface area contributed by atoms with E-state index in [0.29, 0.717) is 19.3 Å². The highest BCUT2D eigenvalue weighted by atomic mass is 16.6. The second-order valence-corrected chi connectivity index (χ2v) is 16.0. The monoisotopic (exact) mass is 787 g/mol. The zero-order valence-electron chi connectivity index (χ0n) is 37.2. The molecule has 0 rings (SSSR count). The normalized spacial score (nSPS) is 12.3. The molecule has 56 heavy (non-hydrogen) atoms. The third-order valence-electron chi connectivity index (χ3n) is 10.4. The summed E-state index contributed by atoms with van der Waals surface area (Å²) in [6.07, 6.45) is 51.4. The van der Waals surface area contributed by atoms with Crippen molar-refractivity contribution >= 4 is 17.9 Å². The number of esters is 3. The summed E-state index contributed by atoms with van der Waals surface area (Å²) in [5.74, 6) is -0.890. The maximum atomic E-state index is 12.6. The molecule has 0 aliphatic heterocycles. The van der Waals surface area contributed by atoms with Crippen LogP contribution in [-0.4, -0.2) is 37.2 Å². The molecule has 0 saturated heterocycles. The van der Waals surface area contributed by atoms with Crippen molar-refractivity contribution in [3.8, 4) is 0 Å². The molecule has 0 aromatic carbocycles. The Morgan fingerprint density at radius 1 is 0.357 bits per heavy atom. The smallest absolute Gasteiger partial charge is 0.306 e. The number of ether oxygens (including phenoxy) is 3. The molecule has 1 unspecified atom stereocenters. The van der Waals surface area contributed by atoms with Gasteiger partial charge < -0.3 is 14.2 Å². The van der Waals surface area contributed by atoms with E-state index in [1.165, 1.54) is 128 Å². The number of rotatable bonds is 43. The Balaban J connectivity index is 4.22. The molecule has 0 N–H and O–H groups in total. The summed E-state index contributed by atoms with van der Waals surface area (Å²) in [5, 5.41) is 0. The highest BCUT2D eigenvalue weighted by Crippen LogP contribution is 2.14. The minimum Gasteiger partial charge on any atom is -0.462 e. The molecular formula is C50H90O6. The SMILES string of the molecule is CCCCCCC/C=C\C/C=C\C/C=C\CCCCCCCCC(=O)OCC(COC(=O)CCCCCCCCCC)OC(=O)CCCCCCCCCCC. The molecule has 0 aromatic heterocycles. The molecule has 0 spiro atoms. The van der Waals surface area contributed by atoms with Crippen LogP contribution in [0.5, 0.6) is 0 Å². The molecule has 0 bridgehead atoms. The van der Waals surface area contributed by atoms with Crippen LogP contribution < -0.4 is 0 Å². The largest absolute Gasteiger partial charge is 0.462 e. The molecule has 6 heteroatoms. The molecule has 0 saturated carbocycles. The first-order valence-electron chi connectivity index (χ1n) is 24.0. The number of allylic oxidation sites excluding steroid dienone is 6. The Kier molecular flexibility index (Phi) is 43.4. The van der Waals surface area contributed by atoms with Gasteiger partial charge in [-0.2, -0.15) is 0 Å². The lowest BCUT2D eigenvalue weighted by molar-refractivity contribution is -0.167. The molecular weight excluding hydrogens is 697 g/mol. The van der Waals surface area contributed by atoms with E-state index < -0.39 is 6.10 Å². The molecule has 0 radical (unpaired) electrons. The molecule has 0 heterocycles. The van der Waals surface area contributed by atoms with Crippen molar-refractivity contribution in [1.82, 2.24) is 0 Å². The molecule has 326 valence electrons. The van der Waals surface area contributed by atoms with E-state index in [4.69, 9.17) is 14.2 Å². The number of hydrogen-bond donors (Lipinski definition) is 0. The highest BCUT2D eigenvalue weighted by Gasteiger charge is 2.19. The van der Waals surface area contributed by atoms with Gasteiger partial charge in [-0.3, -0.25) is 14.4 Å². The van der Waals surface area contributed by atoms with Crippen LogP contribution in [0.1, 0.15) is 245 Å². The molecule has 0 amide bonds. The highest BCUT2D eigenvalue weighted by molar-refractivity contribution is 5.71. The van der Waals surface area contributed by atoms with Gasteiger partial charge in [0.25, 0.3) is 0 Å². The van der Waals surface area contributed by atoms with Crippen LogP contribution in [0.15, 0.2) is 36.5 Å². The zero-order chi connectivity index (χ0) is 40.8. The topological polar surface area (TPSA) is 78.9 Å². The van der Waals surface area contributed by atoms with Gasteiger partial charge in [0.1, 0.15) is 13.2 Å². The Hall–Kier alpha value is -2.37. The van der Waals surface area contributed by atoms with Crippen molar-refractivity contribution in [2.75, 3.05) is 13.2 Å². The van der Waals surface area contributed by atoms with Crippen LogP contribution in [0, 0.1) is 0 Å². The summed E-state index contributed by atoms with van der Waals surface area (Å²) in [5.41, 5.74) is 0. The number of carbonyl (C=O) groups is 3. The average Bonchev–Trinajstić information content (AvgIpc) is 3.19. The summed E-state index contributed by atoms with van der Waals surface area (Å²) in [6.45, 7) is 6.57. The van der Waals surface area contributed by atoms with Crippen molar-refractivity contribution in [1.29, 1.82) is 0 Å². The van der Waals surface area contributed by atoms with Gasteiger partial charge in [0.15, 0.2) is 6.10 Å². The quantitative estimate of drug-likeness (QED) is 0.0265. The van der Waals surface area contributed by atoms with Crippen molar-refractivity contribution in [3.63, 3.8) is 0 Å². The average molecular weight is 787 g/mol. The lowest BCUT2D eigenvalue weighted by Gasteiger charge is -2.18. The Labute approximate surface area is 346 Å². The van der Waals surface area contributed by atoms with Gasteiger partial charge in [0, 0.05) is 19.3 Å². The maximum absolute atomic E-state index is 12.6. The Morgan fingerprint density at radius 2 is 0.643 bits per heavy atom. The van der Waals surface area contributed by atoms with Crippen LogP contribution in [-0.2, 0) is 28.6 Å². The minimum absolute atomic E-state index is 0.0739. The fourth-order valence-corrected chi connectivity index (χ4v) is 6.74. The van der Waals surface area contributed by atoms with Gasteiger partial charge in [0.2, 0.25) is 0 Å². The van der Waals surface area contributed by atoms with Gasteiger partial charge >= 0.3 is 17.9 Å². The number of hydrogen-bond acceptors (Lipinski definition) is 6. The van der Waals surface area contributed by atoms with E-state index in [9.17, 15) is 14.4 Å². The van der Waals surface area contributed by atoms with Crippen molar-refractivity contribution < 1.29 is 28.6 Å². The first-order valence-corrected chi connectivity index (χ1v) is 24.0. The number of carbonyl (C=O) groups excluding carboxylic acids is 3. The van der Waals surface area contributed by atoms with Gasteiger partial charge in [-0.15, -0.1) is 0 Å². The lowest BCUT2D eigenvalue weighted by Crippen LogP contribution is -2.30. The van der Waals surface area contributed by atoms with E-state index in [0.717, 1.165) is 77.0 Å². The van der Waals surface area contributed by atoms with Gasteiger partial charge in [-0.25, -0.2) is 0 Å². The van der Waals surface area contributed by atoms with Crippen LogP contribution in [0.3, 0.4) is 0 Å². The first-order chi connectivity index (χ1) is 27.5. The zero-order valence-corrected chi connectivity index (χ0v) is 37.2. The molecule has 0 fully saturated rings. The molecule has 1 atom stereocenters. The van der Waals surface area contributed by atoms with Gasteiger partial charge in [-0.1, -0.05) is 205 Å². The second kappa shape index (κ2) is 45.3. The summed E-state index contributed by atoms with van der Waals surface area (Å²) in [6, 6.07) is 0. The van der Waals surface area contributed by atoms with Gasteiger partial charge in [0.05, 0.1) is 0 Å². The Morgan fingerprint density at radius 3 is 1.00 bits per heavy atom. The second-order valence-electron chi connectivity index (χ2n) is 16.0. The molecule has 6 nitrogen and oxygen atoms in total. The third-order valence-corrected chi connectivity index (χ3v) is 10.4. The van der Waals surface area contributed by atoms with Crippen molar-refractivity contribution in [2.24, 2.45) is 0 Å². The van der Waals surface area contributed by atoms with Crippen LogP contribution in [0.25, 0.3) is 0 Å². The predicted molar refractivity (Wildman–Crippen MR) is 238 cm³/mol.